The van der Waals surface area contributed by atoms with E-state index >= 15 is 0 Å². The van der Waals surface area contributed by atoms with Crippen molar-refractivity contribution in [2.75, 3.05) is 20.2 Å². The Morgan fingerprint density at radius 1 is 1.35 bits per heavy atom. The van der Waals surface area contributed by atoms with Crippen LogP contribution in [0.5, 0.6) is 0 Å². The maximum absolute atomic E-state index is 12.3. The molecule has 2 aliphatic rings. The topological polar surface area (TPSA) is 46.6 Å². The van der Waals surface area contributed by atoms with Crippen molar-refractivity contribution in [2.45, 2.75) is 19.8 Å². The molecular weight excluding hydrogens is 218 g/mol. The fraction of sp³-hybridized carbons (Fsp3) is 0.692. The second kappa shape index (κ2) is 4.90. The van der Waals surface area contributed by atoms with E-state index in [0.717, 1.165) is 12.8 Å². The molecule has 4 nitrogen and oxygen atoms in total. The Hall–Kier alpha value is -1.32. The molecule has 3 unspecified atom stereocenters. The van der Waals surface area contributed by atoms with Crippen molar-refractivity contribution < 1.29 is 14.3 Å². The van der Waals surface area contributed by atoms with Gasteiger partial charge in [0.2, 0.25) is 5.91 Å². The normalized spacial score (nSPS) is 29.4. The van der Waals surface area contributed by atoms with E-state index in [1.54, 1.807) is 4.90 Å². The van der Waals surface area contributed by atoms with Crippen LogP contribution in [0.25, 0.3) is 0 Å². The Morgan fingerprint density at radius 2 is 2.12 bits per heavy atom. The second-order valence-corrected chi connectivity index (χ2v) is 4.82. The number of esters is 1. The van der Waals surface area contributed by atoms with Crippen molar-refractivity contribution in [3.05, 3.63) is 12.2 Å². The molecule has 1 fully saturated rings. The van der Waals surface area contributed by atoms with Crippen LogP contribution in [0.2, 0.25) is 0 Å². The summed E-state index contributed by atoms with van der Waals surface area (Å²) in [5.74, 6) is 0.799. The molecule has 94 valence electrons. The Morgan fingerprint density at radius 3 is 2.59 bits per heavy atom. The van der Waals surface area contributed by atoms with Gasteiger partial charge in [0.1, 0.15) is 6.54 Å². The molecule has 0 aromatic heterocycles. The van der Waals surface area contributed by atoms with Crippen LogP contribution in [0, 0.1) is 17.8 Å². The Balaban J connectivity index is 1.98. The fourth-order valence-corrected chi connectivity index (χ4v) is 2.87. The molecule has 4 heteroatoms. The number of ether oxygens (including phenoxy) is 1. The minimum absolute atomic E-state index is 0.0729. The molecule has 2 aliphatic carbocycles. The first kappa shape index (κ1) is 12.1. The van der Waals surface area contributed by atoms with Crippen molar-refractivity contribution in [3.63, 3.8) is 0 Å². The summed E-state index contributed by atoms with van der Waals surface area (Å²) >= 11 is 0. The molecule has 1 amide bonds. The molecule has 0 heterocycles. The van der Waals surface area contributed by atoms with Gasteiger partial charge in [-0.25, -0.2) is 0 Å². The molecular formula is C13H19NO3. The SMILES string of the molecule is CCN(CC(=O)OC)C(=O)C1CC2C=CC1C2. The lowest BCUT2D eigenvalue weighted by Crippen LogP contribution is -2.41. The summed E-state index contributed by atoms with van der Waals surface area (Å²) in [6.45, 7) is 2.53. The lowest BCUT2D eigenvalue weighted by molar-refractivity contribution is -0.148. The molecule has 3 atom stereocenters. The van der Waals surface area contributed by atoms with Crippen molar-refractivity contribution in [2.24, 2.45) is 17.8 Å². The minimum Gasteiger partial charge on any atom is -0.468 e. The monoisotopic (exact) mass is 237 g/mol. The number of amides is 1. The van der Waals surface area contributed by atoms with Crippen LogP contribution in [0.3, 0.4) is 0 Å². The maximum atomic E-state index is 12.3. The molecule has 0 saturated heterocycles. The number of hydrogen-bond acceptors (Lipinski definition) is 3. The van der Waals surface area contributed by atoms with Gasteiger partial charge in [0.05, 0.1) is 7.11 Å². The number of fused-ring (bicyclic) bond motifs is 2. The van der Waals surface area contributed by atoms with Crippen molar-refractivity contribution in [1.29, 1.82) is 0 Å². The second-order valence-electron chi connectivity index (χ2n) is 4.82. The van der Waals surface area contributed by atoms with Gasteiger partial charge in [-0.05, 0) is 31.6 Å². The zero-order chi connectivity index (χ0) is 12.4. The van der Waals surface area contributed by atoms with Crippen molar-refractivity contribution >= 4 is 11.9 Å². The summed E-state index contributed by atoms with van der Waals surface area (Å²) in [5.41, 5.74) is 0. The number of allylic oxidation sites excluding steroid dienone is 2. The van der Waals surface area contributed by atoms with E-state index < -0.39 is 0 Å². The third kappa shape index (κ3) is 2.35. The number of likely N-dealkylation sites (N-methyl/N-ethyl adjacent to an activating group) is 1. The van der Waals surface area contributed by atoms with E-state index in [4.69, 9.17) is 0 Å². The highest BCUT2D eigenvalue weighted by Crippen LogP contribution is 2.44. The third-order valence-corrected chi connectivity index (χ3v) is 3.84. The van der Waals surface area contributed by atoms with E-state index in [1.807, 2.05) is 6.92 Å². The number of methoxy groups -OCH3 is 1. The summed E-state index contributed by atoms with van der Waals surface area (Å²) in [6.07, 6.45) is 6.41. The van der Waals surface area contributed by atoms with Gasteiger partial charge in [-0.3, -0.25) is 9.59 Å². The molecule has 0 radical (unpaired) electrons. The van der Waals surface area contributed by atoms with Gasteiger partial charge in [-0.15, -0.1) is 0 Å². The number of rotatable bonds is 4. The van der Waals surface area contributed by atoms with Gasteiger partial charge in [-0.1, -0.05) is 12.2 Å². The van der Waals surface area contributed by atoms with E-state index in [2.05, 4.69) is 16.9 Å². The van der Waals surface area contributed by atoms with Gasteiger partial charge < -0.3 is 9.64 Å². The number of hydrogen-bond donors (Lipinski definition) is 0. The van der Waals surface area contributed by atoms with Crippen LogP contribution in [0.4, 0.5) is 0 Å². The molecule has 0 spiro atoms. The summed E-state index contributed by atoms with van der Waals surface area (Å²) < 4.78 is 4.61. The number of carbonyl (C=O) groups excluding carboxylic acids is 2. The average Bonchev–Trinajstić information content (AvgIpc) is 2.96. The highest BCUT2D eigenvalue weighted by molar-refractivity contribution is 5.84. The Bertz CT molecular complexity index is 351. The maximum Gasteiger partial charge on any atom is 0.325 e. The van der Waals surface area contributed by atoms with E-state index in [1.165, 1.54) is 7.11 Å². The summed E-state index contributed by atoms with van der Waals surface area (Å²) in [5, 5.41) is 0. The first-order chi connectivity index (χ1) is 8.15. The van der Waals surface area contributed by atoms with Crippen LogP contribution < -0.4 is 0 Å². The lowest BCUT2D eigenvalue weighted by Gasteiger charge is -2.26. The Kier molecular flexibility index (Phi) is 3.50. The first-order valence-electron chi connectivity index (χ1n) is 6.19. The highest BCUT2D eigenvalue weighted by atomic mass is 16.5. The summed E-state index contributed by atoms with van der Waals surface area (Å²) in [4.78, 5) is 25.1. The summed E-state index contributed by atoms with van der Waals surface area (Å²) in [7, 11) is 1.35. The minimum atomic E-state index is -0.348. The number of carbonyl (C=O) groups is 2. The predicted octanol–water partition coefficient (Wildman–Crippen LogP) is 1.22. The van der Waals surface area contributed by atoms with Crippen LogP contribution in [0.15, 0.2) is 12.2 Å². The molecule has 2 rings (SSSR count). The molecule has 17 heavy (non-hydrogen) atoms. The van der Waals surface area contributed by atoms with Crippen LogP contribution in [-0.4, -0.2) is 37.0 Å². The van der Waals surface area contributed by atoms with Crippen molar-refractivity contribution in [1.82, 2.24) is 4.90 Å². The molecule has 0 N–H and O–H groups in total. The van der Waals surface area contributed by atoms with E-state index in [9.17, 15) is 9.59 Å². The van der Waals surface area contributed by atoms with E-state index in [0.29, 0.717) is 18.4 Å². The Labute approximate surface area is 102 Å². The van der Waals surface area contributed by atoms with Crippen molar-refractivity contribution in [3.8, 4) is 0 Å². The van der Waals surface area contributed by atoms with Gasteiger partial charge in [0, 0.05) is 12.5 Å². The molecule has 0 aromatic rings. The smallest absolute Gasteiger partial charge is 0.325 e. The highest BCUT2D eigenvalue weighted by Gasteiger charge is 2.41. The zero-order valence-corrected chi connectivity index (χ0v) is 10.4. The first-order valence-corrected chi connectivity index (χ1v) is 6.19. The van der Waals surface area contributed by atoms with Gasteiger partial charge in [0.15, 0.2) is 0 Å². The van der Waals surface area contributed by atoms with Crippen LogP contribution in [0.1, 0.15) is 19.8 Å². The molecule has 0 aliphatic heterocycles. The fourth-order valence-electron chi connectivity index (χ4n) is 2.87. The van der Waals surface area contributed by atoms with Gasteiger partial charge in [0.25, 0.3) is 0 Å². The lowest BCUT2D eigenvalue weighted by atomic mass is 9.92. The van der Waals surface area contributed by atoms with E-state index in [-0.39, 0.29) is 24.3 Å². The predicted molar refractivity (Wildman–Crippen MR) is 63.1 cm³/mol. The largest absolute Gasteiger partial charge is 0.468 e. The average molecular weight is 237 g/mol. The van der Waals surface area contributed by atoms with Gasteiger partial charge >= 0.3 is 5.97 Å². The molecule has 0 aromatic carbocycles. The number of nitrogens with zero attached hydrogens (tertiary/aromatic N) is 1. The van der Waals surface area contributed by atoms with Crippen LogP contribution >= 0.6 is 0 Å². The quantitative estimate of drug-likeness (QED) is 0.545. The third-order valence-electron chi connectivity index (χ3n) is 3.84. The standard InChI is InChI=1S/C13H19NO3/c1-3-14(8-12(15)17-2)13(16)11-7-9-4-5-10(11)6-9/h4-5,9-11H,3,6-8H2,1-2H3. The molecule has 2 bridgehead atoms. The summed E-state index contributed by atoms with van der Waals surface area (Å²) in [6, 6.07) is 0. The van der Waals surface area contributed by atoms with Gasteiger partial charge in [-0.2, -0.15) is 0 Å². The van der Waals surface area contributed by atoms with Crippen LogP contribution in [-0.2, 0) is 14.3 Å². The molecule has 1 saturated carbocycles. The zero-order valence-electron chi connectivity index (χ0n) is 10.4.